The number of anilines is 1. The molecule has 2 rings (SSSR count). The van der Waals surface area contributed by atoms with E-state index in [0.717, 1.165) is 13.0 Å². The van der Waals surface area contributed by atoms with E-state index < -0.39 is 11.4 Å². The lowest BCUT2D eigenvalue weighted by atomic mass is 10.2. The second-order valence-electron chi connectivity index (χ2n) is 4.46. The lowest BCUT2D eigenvalue weighted by Gasteiger charge is -2.11. The number of carboxylic acids is 1. The summed E-state index contributed by atoms with van der Waals surface area (Å²) in [5.74, 6) is -0.531. The number of carbonyl (C=O) groups is 1. The Morgan fingerprint density at radius 2 is 2.15 bits per heavy atom. The molecule has 0 aromatic carbocycles. The minimum absolute atomic E-state index is 0.226. The average Bonchev–Trinajstić information content (AvgIpc) is 2.45. The van der Waals surface area contributed by atoms with Gasteiger partial charge in [0.2, 0.25) is 5.43 Å². The van der Waals surface area contributed by atoms with E-state index in [-0.39, 0.29) is 5.56 Å². The van der Waals surface area contributed by atoms with Crippen LogP contribution in [0.3, 0.4) is 0 Å². The van der Waals surface area contributed by atoms with Crippen molar-refractivity contribution in [3.63, 3.8) is 0 Å². The van der Waals surface area contributed by atoms with Crippen LogP contribution in [0, 0.1) is 0 Å². The van der Waals surface area contributed by atoms with Gasteiger partial charge in [0, 0.05) is 19.3 Å². The van der Waals surface area contributed by atoms with Crippen molar-refractivity contribution in [1.29, 1.82) is 0 Å². The molecule has 0 saturated carbocycles. The zero-order valence-electron chi connectivity index (χ0n) is 11.5. The van der Waals surface area contributed by atoms with Crippen LogP contribution in [0.15, 0.2) is 23.1 Å². The smallest absolute Gasteiger partial charge is 0.341 e. The van der Waals surface area contributed by atoms with E-state index in [9.17, 15) is 9.59 Å². The van der Waals surface area contributed by atoms with Crippen molar-refractivity contribution in [1.82, 2.24) is 9.55 Å². The van der Waals surface area contributed by atoms with Gasteiger partial charge in [0.15, 0.2) is 0 Å². The van der Waals surface area contributed by atoms with Gasteiger partial charge >= 0.3 is 5.97 Å². The lowest BCUT2D eigenvalue weighted by Crippen LogP contribution is -2.19. The van der Waals surface area contributed by atoms with E-state index >= 15 is 0 Å². The maximum absolute atomic E-state index is 12.1. The largest absolute Gasteiger partial charge is 0.477 e. The highest BCUT2D eigenvalue weighted by molar-refractivity contribution is 5.92. The maximum Gasteiger partial charge on any atom is 0.341 e. The molecule has 0 aliphatic heterocycles. The summed E-state index contributed by atoms with van der Waals surface area (Å²) in [5, 5.41) is 12.5. The number of nitrogens with one attached hydrogen (secondary N) is 1. The van der Waals surface area contributed by atoms with Crippen molar-refractivity contribution in [3.05, 3.63) is 34.1 Å². The Morgan fingerprint density at radius 3 is 2.75 bits per heavy atom. The molecule has 0 unspecified atom stereocenters. The number of carboxylic acid groups (broad SMARTS) is 1. The van der Waals surface area contributed by atoms with E-state index in [4.69, 9.17) is 5.11 Å². The van der Waals surface area contributed by atoms with Gasteiger partial charge in [-0.25, -0.2) is 9.78 Å². The number of aromatic nitrogens is 2. The van der Waals surface area contributed by atoms with Crippen molar-refractivity contribution >= 4 is 22.8 Å². The summed E-state index contributed by atoms with van der Waals surface area (Å²) < 4.78 is 1.68. The quantitative estimate of drug-likeness (QED) is 0.871. The fourth-order valence-electron chi connectivity index (χ4n) is 2.01. The van der Waals surface area contributed by atoms with Crippen LogP contribution in [-0.4, -0.2) is 27.2 Å². The van der Waals surface area contributed by atoms with Gasteiger partial charge < -0.3 is 15.0 Å². The van der Waals surface area contributed by atoms with Crippen LogP contribution >= 0.6 is 0 Å². The van der Waals surface area contributed by atoms with Crippen molar-refractivity contribution < 1.29 is 9.90 Å². The number of rotatable bonds is 5. The molecular formula is C14H17N3O3. The molecule has 0 saturated heterocycles. The predicted octanol–water partition coefficient (Wildman–Crippen LogP) is 1.94. The molecule has 106 valence electrons. The van der Waals surface area contributed by atoms with Gasteiger partial charge in [0.25, 0.3) is 0 Å². The Kier molecular flexibility index (Phi) is 4.02. The van der Waals surface area contributed by atoms with E-state index in [1.54, 1.807) is 16.7 Å². The minimum atomic E-state index is -1.22. The van der Waals surface area contributed by atoms with Gasteiger partial charge in [-0.2, -0.15) is 0 Å². The number of hydrogen-bond acceptors (Lipinski definition) is 4. The van der Waals surface area contributed by atoms with Crippen molar-refractivity contribution in [2.24, 2.45) is 0 Å². The number of aryl methyl sites for hydroxylation is 1. The monoisotopic (exact) mass is 275 g/mol. The zero-order valence-corrected chi connectivity index (χ0v) is 11.5. The normalized spacial score (nSPS) is 10.7. The van der Waals surface area contributed by atoms with Gasteiger partial charge in [-0.3, -0.25) is 4.79 Å². The molecule has 0 amide bonds. The molecule has 0 aliphatic rings. The second kappa shape index (κ2) is 5.73. The number of hydrogen-bond donors (Lipinski definition) is 2. The molecule has 20 heavy (non-hydrogen) atoms. The number of nitrogens with zero attached hydrogens (tertiary/aromatic N) is 2. The molecule has 2 N–H and O–H groups in total. The van der Waals surface area contributed by atoms with E-state index in [2.05, 4.69) is 17.2 Å². The summed E-state index contributed by atoms with van der Waals surface area (Å²) in [4.78, 5) is 27.6. The maximum atomic E-state index is 12.1. The van der Waals surface area contributed by atoms with Crippen LogP contribution in [0.5, 0.6) is 0 Å². The highest BCUT2D eigenvalue weighted by Gasteiger charge is 2.15. The van der Waals surface area contributed by atoms with Gasteiger partial charge in [0.05, 0.1) is 5.39 Å². The SMILES string of the molecule is CCCNc1ccc2c(=O)c(C(=O)O)cn(CC)c2n1. The standard InChI is InChI=1S/C14H17N3O3/c1-3-7-15-11-6-5-9-12(18)10(14(19)20)8-17(4-2)13(9)16-11/h5-6,8H,3-4,7H2,1-2H3,(H,15,16)(H,19,20). The van der Waals surface area contributed by atoms with E-state index in [1.807, 2.05) is 6.92 Å². The van der Waals surface area contributed by atoms with Crippen LogP contribution in [0.25, 0.3) is 11.0 Å². The molecule has 0 atom stereocenters. The summed E-state index contributed by atoms with van der Waals surface area (Å²) in [7, 11) is 0. The number of fused-ring (bicyclic) bond motifs is 1. The van der Waals surface area contributed by atoms with Crippen LogP contribution in [0.4, 0.5) is 5.82 Å². The molecule has 2 aromatic rings. The van der Waals surface area contributed by atoms with Crippen molar-refractivity contribution in [2.75, 3.05) is 11.9 Å². The Morgan fingerprint density at radius 1 is 1.40 bits per heavy atom. The highest BCUT2D eigenvalue weighted by Crippen LogP contribution is 2.14. The Balaban J connectivity index is 2.66. The van der Waals surface area contributed by atoms with E-state index in [1.165, 1.54) is 6.20 Å². The molecule has 6 heteroatoms. The fraction of sp³-hybridized carbons (Fsp3) is 0.357. The van der Waals surface area contributed by atoms with Crippen molar-refractivity contribution in [3.8, 4) is 0 Å². The third kappa shape index (κ3) is 2.49. The number of aromatic carboxylic acids is 1. The summed E-state index contributed by atoms with van der Waals surface area (Å²) >= 11 is 0. The summed E-state index contributed by atoms with van der Waals surface area (Å²) in [6.07, 6.45) is 2.32. The number of pyridine rings is 2. The minimum Gasteiger partial charge on any atom is -0.477 e. The molecule has 0 radical (unpaired) electrons. The Bertz CT molecular complexity index is 707. The Labute approximate surface area is 116 Å². The third-order valence-corrected chi connectivity index (χ3v) is 3.05. The van der Waals surface area contributed by atoms with Crippen LogP contribution in [0.1, 0.15) is 30.6 Å². The second-order valence-corrected chi connectivity index (χ2v) is 4.46. The Hall–Kier alpha value is -2.37. The summed E-state index contributed by atoms with van der Waals surface area (Å²) in [5.41, 5.74) is -0.217. The average molecular weight is 275 g/mol. The highest BCUT2D eigenvalue weighted by atomic mass is 16.4. The van der Waals surface area contributed by atoms with Crippen LogP contribution in [0.2, 0.25) is 0 Å². The first-order valence-corrected chi connectivity index (χ1v) is 6.59. The summed E-state index contributed by atoms with van der Waals surface area (Å²) in [6.45, 7) is 5.27. The zero-order chi connectivity index (χ0) is 14.7. The lowest BCUT2D eigenvalue weighted by molar-refractivity contribution is 0.0695. The van der Waals surface area contributed by atoms with Gasteiger partial charge in [0.1, 0.15) is 17.0 Å². The van der Waals surface area contributed by atoms with Crippen LogP contribution in [-0.2, 0) is 6.54 Å². The topological polar surface area (TPSA) is 84.2 Å². The predicted molar refractivity (Wildman–Crippen MR) is 77.4 cm³/mol. The molecule has 0 spiro atoms. The van der Waals surface area contributed by atoms with Crippen LogP contribution < -0.4 is 10.7 Å². The molecule has 2 aromatic heterocycles. The third-order valence-electron chi connectivity index (χ3n) is 3.05. The molecule has 2 heterocycles. The van der Waals surface area contributed by atoms with Crippen molar-refractivity contribution in [2.45, 2.75) is 26.8 Å². The van der Waals surface area contributed by atoms with Gasteiger partial charge in [-0.1, -0.05) is 6.92 Å². The molecular weight excluding hydrogens is 258 g/mol. The van der Waals surface area contributed by atoms with Gasteiger partial charge in [-0.15, -0.1) is 0 Å². The summed E-state index contributed by atoms with van der Waals surface area (Å²) in [6, 6.07) is 3.33. The van der Waals surface area contributed by atoms with E-state index in [0.29, 0.717) is 23.4 Å². The molecule has 0 aliphatic carbocycles. The molecule has 0 bridgehead atoms. The van der Waals surface area contributed by atoms with Gasteiger partial charge in [-0.05, 0) is 25.5 Å². The molecule has 6 nitrogen and oxygen atoms in total. The fourth-order valence-corrected chi connectivity index (χ4v) is 2.01. The molecule has 0 fully saturated rings. The first kappa shape index (κ1) is 14.0. The first-order valence-electron chi connectivity index (χ1n) is 6.59. The first-order chi connectivity index (χ1) is 9.58.